The van der Waals surface area contributed by atoms with Gasteiger partial charge in [0, 0.05) is 0 Å². The van der Waals surface area contributed by atoms with Crippen LogP contribution in [0, 0.1) is 0 Å². The van der Waals surface area contributed by atoms with E-state index in [-0.39, 0.29) is 17.9 Å². The lowest BCUT2D eigenvalue weighted by atomic mass is 9.50. The summed E-state index contributed by atoms with van der Waals surface area (Å²) in [6.45, 7) is 2.49. The molecule has 28 heavy (non-hydrogen) atoms. The van der Waals surface area contributed by atoms with Gasteiger partial charge < -0.3 is 9.96 Å². The highest BCUT2D eigenvalue weighted by atomic mass is 35.6. The zero-order valence-electron chi connectivity index (χ0n) is 15.4. The highest BCUT2D eigenvalue weighted by Crippen LogP contribution is 2.35. The van der Waals surface area contributed by atoms with Gasteiger partial charge in [0.1, 0.15) is 5.57 Å². The number of carbonyl (C=O) groups excluding carboxylic acids is 2. The largest absolute Gasteiger partial charge is 0.462 e. The first-order valence-electron chi connectivity index (χ1n) is 8.61. The van der Waals surface area contributed by atoms with E-state index in [9.17, 15) is 9.59 Å². The fourth-order valence-corrected chi connectivity index (χ4v) is 3.16. The van der Waals surface area contributed by atoms with Crippen LogP contribution in [0.5, 0.6) is 0 Å². The predicted octanol–water partition coefficient (Wildman–Crippen LogP) is 3.16. The Morgan fingerprint density at radius 3 is 1.79 bits per heavy atom. The second-order valence-corrected chi connectivity index (χ2v) is 8.20. The second-order valence-electron chi connectivity index (χ2n) is 5.92. The smallest absolute Gasteiger partial charge is 0.343 e. The van der Waals surface area contributed by atoms with Crippen LogP contribution < -0.4 is 16.2 Å². The predicted molar refractivity (Wildman–Crippen MR) is 116 cm³/mol. The molecule has 0 aromatic heterocycles. The van der Waals surface area contributed by atoms with E-state index in [0.717, 1.165) is 10.9 Å². The van der Waals surface area contributed by atoms with Gasteiger partial charge in [0.05, 0.1) is 12.3 Å². The molecule has 0 radical (unpaired) electrons. The van der Waals surface area contributed by atoms with E-state index in [4.69, 9.17) is 39.5 Å². The Morgan fingerprint density at radius 2 is 1.43 bits per heavy atom. The van der Waals surface area contributed by atoms with E-state index < -0.39 is 22.4 Å². The fourth-order valence-electron chi connectivity index (χ4n) is 2.72. The Kier molecular flexibility index (Phi) is 7.99. The monoisotopic (exact) mass is 437 g/mol. The van der Waals surface area contributed by atoms with Crippen molar-refractivity contribution in [2.75, 3.05) is 6.61 Å². The lowest BCUT2D eigenvalue weighted by Crippen LogP contribution is -2.55. The standard InChI is InChI=1S/C20H19BCl3NO3/c1-3-28-19(27)17(14(2)26)18(20(22,23)24)25-21(15-10-6-4-7-11-15)16-12-8-5-9-13-16/h4-13,25H,3H2,1-2H3/b18-17+. The summed E-state index contributed by atoms with van der Waals surface area (Å²) in [4.78, 5) is 24.6. The highest BCUT2D eigenvalue weighted by molar-refractivity contribution is 6.84. The molecule has 0 spiro atoms. The van der Waals surface area contributed by atoms with Crippen molar-refractivity contribution < 1.29 is 14.3 Å². The minimum Gasteiger partial charge on any atom is -0.462 e. The molecule has 4 nitrogen and oxygen atoms in total. The molecule has 0 bridgehead atoms. The molecule has 0 heterocycles. The highest BCUT2D eigenvalue weighted by Gasteiger charge is 2.37. The first kappa shape index (κ1) is 22.3. The summed E-state index contributed by atoms with van der Waals surface area (Å²) >= 11 is 18.5. The topological polar surface area (TPSA) is 55.4 Å². The Balaban J connectivity index is 2.63. The van der Waals surface area contributed by atoms with Crippen LogP contribution in [0.4, 0.5) is 0 Å². The molecule has 0 aliphatic carbocycles. The molecule has 0 aliphatic heterocycles. The van der Waals surface area contributed by atoms with Gasteiger partial charge in [-0.3, -0.25) is 4.79 Å². The molecule has 0 amide bonds. The summed E-state index contributed by atoms with van der Waals surface area (Å²) in [6.07, 6.45) is 0. The molecule has 0 aliphatic rings. The van der Waals surface area contributed by atoms with Crippen LogP contribution in [0.15, 0.2) is 71.9 Å². The number of halogens is 3. The molecular formula is C20H19BCl3NO3. The number of Topliss-reactive ketones (excluding diaryl/α,β-unsaturated/α-hetero) is 1. The Morgan fingerprint density at radius 1 is 0.964 bits per heavy atom. The average molecular weight is 439 g/mol. The van der Waals surface area contributed by atoms with Crippen molar-refractivity contribution in [3.8, 4) is 0 Å². The van der Waals surface area contributed by atoms with Gasteiger partial charge in [-0.25, -0.2) is 4.79 Å². The van der Waals surface area contributed by atoms with Crippen molar-refractivity contribution >= 4 is 64.3 Å². The molecule has 0 saturated carbocycles. The van der Waals surface area contributed by atoms with Crippen LogP contribution in [0.25, 0.3) is 0 Å². The first-order valence-corrected chi connectivity index (χ1v) is 9.75. The van der Waals surface area contributed by atoms with Crippen LogP contribution in [0.3, 0.4) is 0 Å². The molecule has 8 heteroatoms. The zero-order chi connectivity index (χ0) is 20.7. The Bertz CT molecular complexity index is 813. The van der Waals surface area contributed by atoms with E-state index in [1.54, 1.807) is 6.92 Å². The van der Waals surface area contributed by atoms with Crippen LogP contribution in [-0.4, -0.2) is 29.0 Å². The summed E-state index contributed by atoms with van der Waals surface area (Å²) in [6, 6.07) is 18.9. The Hall–Kier alpha value is -1.95. The van der Waals surface area contributed by atoms with Crippen LogP contribution in [0.1, 0.15) is 13.8 Å². The molecule has 2 aromatic rings. The van der Waals surface area contributed by atoms with Gasteiger partial charge in [-0.05, 0) is 13.8 Å². The van der Waals surface area contributed by atoms with E-state index in [0.29, 0.717) is 0 Å². The number of benzene rings is 2. The number of hydrogen-bond acceptors (Lipinski definition) is 4. The maximum atomic E-state index is 12.4. The van der Waals surface area contributed by atoms with Gasteiger partial charge in [0.15, 0.2) is 5.78 Å². The summed E-state index contributed by atoms with van der Waals surface area (Å²) in [5, 5.41) is 3.11. The minimum atomic E-state index is -2.05. The van der Waals surface area contributed by atoms with Crippen LogP contribution >= 0.6 is 34.8 Å². The van der Waals surface area contributed by atoms with Crippen molar-refractivity contribution in [2.24, 2.45) is 0 Å². The lowest BCUT2D eigenvalue weighted by Gasteiger charge is -2.26. The van der Waals surface area contributed by atoms with Gasteiger partial charge >= 0.3 is 12.8 Å². The van der Waals surface area contributed by atoms with Crippen LogP contribution in [-0.2, 0) is 14.3 Å². The maximum absolute atomic E-state index is 12.4. The van der Waals surface area contributed by atoms with E-state index in [2.05, 4.69) is 5.23 Å². The number of ketones is 1. The SMILES string of the molecule is CCOC(=O)/C(C(C)=O)=C(/NB(c1ccccc1)c1ccccc1)C(Cl)(Cl)Cl. The normalized spacial score (nSPS) is 12.0. The molecule has 0 saturated heterocycles. The Labute approximate surface area is 179 Å². The number of hydrogen-bond donors (Lipinski definition) is 1. The third-order valence-corrected chi connectivity index (χ3v) is 4.49. The summed E-state index contributed by atoms with van der Waals surface area (Å²) < 4.78 is 2.95. The van der Waals surface area contributed by atoms with E-state index >= 15 is 0 Å². The number of nitrogens with one attached hydrogen (secondary N) is 1. The summed E-state index contributed by atoms with van der Waals surface area (Å²) in [5.41, 5.74) is 1.29. The average Bonchev–Trinajstić information content (AvgIpc) is 2.65. The molecule has 146 valence electrons. The molecule has 0 fully saturated rings. The number of alkyl halides is 3. The van der Waals surface area contributed by atoms with Gasteiger partial charge in [0.25, 0.3) is 0 Å². The van der Waals surface area contributed by atoms with Gasteiger partial charge in [-0.1, -0.05) is 106 Å². The molecular weight excluding hydrogens is 419 g/mol. The molecule has 0 atom stereocenters. The van der Waals surface area contributed by atoms with Crippen molar-refractivity contribution in [3.63, 3.8) is 0 Å². The van der Waals surface area contributed by atoms with Crippen LogP contribution in [0.2, 0.25) is 0 Å². The first-order chi connectivity index (χ1) is 13.3. The van der Waals surface area contributed by atoms with Gasteiger partial charge in [-0.2, -0.15) is 0 Å². The van der Waals surface area contributed by atoms with E-state index in [1.165, 1.54) is 6.92 Å². The van der Waals surface area contributed by atoms with Gasteiger partial charge in [-0.15, -0.1) is 0 Å². The number of allylic oxidation sites excluding steroid dienone is 1. The van der Waals surface area contributed by atoms with Gasteiger partial charge in [0.2, 0.25) is 3.79 Å². The maximum Gasteiger partial charge on any atom is 0.343 e. The number of ether oxygens (including phenoxy) is 1. The molecule has 2 aromatic carbocycles. The number of carbonyl (C=O) groups is 2. The molecule has 2 rings (SSSR count). The molecule has 0 unspecified atom stereocenters. The van der Waals surface area contributed by atoms with Crippen molar-refractivity contribution in [2.45, 2.75) is 17.6 Å². The fraction of sp³-hybridized carbons (Fsp3) is 0.200. The number of esters is 1. The third-order valence-electron chi connectivity index (χ3n) is 3.92. The van der Waals surface area contributed by atoms with Crippen molar-refractivity contribution in [3.05, 3.63) is 71.9 Å². The third kappa shape index (κ3) is 5.77. The lowest BCUT2D eigenvalue weighted by molar-refractivity contribution is -0.139. The zero-order valence-corrected chi connectivity index (χ0v) is 17.7. The summed E-state index contributed by atoms with van der Waals surface area (Å²) in [7, 11) is 0. The van der Waals surface area contributed by atoms with E-state index in [1.807, 2.05) is 60.7 Å². The number of rotatable bonds is 7. The van der Waals surface area contributed by atoms with Crippen molar-refractivity contribution in [1.82, 2.24) is 5.23 Å². The second kappa shape index (κ2) is 10.0. The quantitative estimate of drug-likeness (QED) is 0.180. The molecule has 1 N–H and O–H groups in total. The minimum absolute atomic E-state index is 0.0869. The van der Waals surface area contributed by atoms with Crippen molar-refractivity contribution in [1.29, 1.82) is 0 Å². The summed E-state index contributed by atoms with van der Waals surface area (Å²) in [5.74, 6) is -1.41.